The number of aryl methyl sites for hydroxylation is 2. The van der Waals surface area contributed by atoms with Crippen molar-refractivity contribution in [1.82, 2.24) is 20.0 Å². The summed E-state index contributed by atoms with van der Waals surface area (Å²) >= 11 is 0. The molecule has 0 aliphatic heterocycles. The van der Waals surface area contributed by atoms with Gasteiger partial charge in [0.1, 0.15) is 0 Å². The minimum Gasteiger partial charge on any atom is -0.378 e. The van der Waals surface area contributed by atoms with Gasteiger partial charge < -0.3 is 5.32 Å². The molecule has 0 saturated carbocycles. The van der Waals surface area contributed by atoms with Gasteiger partial charge in [0.15, 0.2) is 0 Å². The molecular formula is C15H19N5. The van der Waals surface area contributed by atoms with Gasteiger partial charge in [0, 0.05) is 29.4 Å². The van der Waals surface area contributed by atoms with E-state index in [1.807, 2.05) is 24.0 Å². The van der Waals surface area contributed by atoms with Gasteiger partial charge in [0.05, 0.1) is 23.4 Å². The second kappa shape index (κ2) is 4.67. The summed E-state index contributed by atoms with van der Waals surface area (Å²) in [5, 5.41) is 16.1. The van der Waals surface area contributed by atoms with Crippen LogP contribution in [0.3, 0.4) is 0 Å². The Morgan fingerprint density at radius 2 is 2.10 bits per heavy atom. The number of anilines is 1. The lowest BCUT2D eigenvalue weighted by Gasteiger charge is -2.16. The quantitative estimate of drug-likeness (QED) is 0.768. The lowest BCUT2D eigenvalue weighted by atomic mass is 10.1. The standard InChI is InChI=1S/C15H19N5/c1-9(15-10(2)19-20(4)11(15)3)17-13-5-6-14-12(7-13)8-16-18-14/h5-9,17H,1-4H3,(H,16,18). The van der Waals surface area contributed by atoms with E-state index in [0.29, 0.717) is 0 Å². The third kappa shape index (κ3) is 2.05. The van der Waals surface area contributed by atoms with Crippen LogP contribution in [0.5, 0.6) is 0 Å². The van der Waals surface area contributed by atoms with Crippen molar-refractivity contribution in [3.8, 4) is 0 Å². The summed E-state index contributed by atoms with van der Waals surface area (Å²) < 4.78 is 1.93. The highest BCUT2D eigenvalue weighted by Crippen LogP contribution is 2.26. The summed E-state index contributed by atoms with van der Waals surface area (Å²) in [6.45, 7) is 6.32. The van der Waals surface area contributed by atoms with Crippen LogP contribution >= 0.6 is 0 Å². The minimum atomic E-state index is 0.216. The highest BCUT2D eigenvalue weighted by Gasteiger charge is 2.16. The first-order valence-corrected chi connectivity index (χ1v) is 6.76. The van der Waals surface area contributed by atoms with E-state index in [0.717, 1.165) is 22.3 Å². The summed E-state index contributed by atoms with van der Waals surface area (Å²) in [6, 6.07) is 6.43. The summed E-state index contributed by atoms with van der Waals surface area (Å²) in [6.07, 6.45) is 1.84. The van der Waals surface area contributed by atoms with E-state index in [4.69, 9.17) is 0 Å². The molecule has 0 aliphatic rings. The van der Waals surface area contributed by atoms with Crippen molar-refractivity contribution in [1.29, 1.82) is 0 Å². The van der Waals surface area contributed by atoms with Gasteiger partial charge in [-0.15, -0.1) is 0 Å². The Bertz CT molecular complexity index is 753. The molecule has 2 heterocycles. The highest BCUT2D eigenvalue weighted by atomic mass is 15.3. The molecule has 5 nitrogen and oxygen atoms in total. The van der Waals surface area contributed by atoms with Gasteiger partial charge in [-0.2, -0.15) is 10.2 Å². The third-order valence-electron chi connectivity index (χ3n) is 3.82. The zero-order valence-electron chi connectivity index (χ0n) is 12.2. The predicted octanol–water partition coefficient (Wildman–Crippen LogP) is 3.09. The molecule has 0 radical (unpaired) electrons. The minimum absolute atomic E-state index is 0.216. The predicted molar refractivity (Wildman–Crippen MR) is 80.8 cm³/mol. The summed E-state index contributed by atoms with van der Waals surface area (Å²) in [7, 11) is 1.98. The molecule has 3 aromatic rings. The molecule has 0 spiro atoms. The topological polar surface area (TPSA) is 58.5 Å². The first-order valence-electron chi connectivity index (χ1n) is 6.76. The molecule has 1 atom stereocenters. The Hall–Kier alpha value is -2.30. The molecular weight excluding hydrogens is 250 g/mol. The van der Waals surface area contributed by atoms with E-state index in [1.54, 1.807) is 0 Å². The molecule has 2 aromatic heterocycles. The van der Waals surface area contributed by atoms with Gasteiger partial charge >= 0.3 is 0 Å². The normalized spacial score (nSPS) is 12.8. The molecule has 3 rings (SSSR count). The molecule has 1 aromatic carbocycles. The number of aromatic nitrogens is 4. The molecule has 0 amide bonds. The van der Waals surface area contributed by atoms with Gasteiger partial charge in [-0.1, -0.05) is 0 Å². The van der Waals surface area contributed by atoms with Crippen molar-refractivity contribution in [3.63, 3.8) is 0 Å². The lowest BCUT2D eigenvalue weighted by molar-refractivity contribution is 0.728. The van der Waals surface area contributed by atoms with E-state index < -0.39 is 0 Å². The zero-order valence-corrected chi connectivity index (χ0v) is 12.2. The van der Waals surface area contributed by atoms with Gasteiger partial charge in [-0.05, 0) is 39.0 Å². The third-order valence-corrected chi connectivity index (χ3v) is 3.82. The Morgan fingerprint density at radius 1 is 1.30 bits per heavy atom. The van der Waals surface area contributed by atoms with Crippen LogP contribution < -0.4 is 5.32 Å². The van der Waals surface area contributed by atoms with E-state index in [2.05, 4.69) is 53.5 Å². The monoisotopic (exact) mass is 269 g/mol. The second-order valence-electron chi connectivity index (χ2n) is 5.25. The van der Waals surface area contributed by atoms with Crippen LogP contribution in [0.25, 0.3) is 10.9 Å². The molecule has 0 bridgehead atoms. The van der Waals surface area contributed by atoms with E-state index in [-0.39, 0.29) is 6.04 Å². The van der Waals surface area contributed by atoms with Crippen LogP contribution in [0.4, 0.5) is 5.69 Å². The Balaban J connectivity index is 1.89. The van der Waals surface area contributed by atoms with Crippen LogP contribution in [0.2, 0.25) is 0 Å². The van der Waals surface area contributed by atoms with Crippen LogP contribution in [-0.4, -0.2) is 20.0 Å². The summed E-state index contributed by atoms with van der Waals surface area (Å²) in [5.41, 5.74) is 5.69. The van der Waals surface area contributed by atoms with Crippen molar-refractivity contribution >= 4 is 16.6 Å². The number of rotatable bonds is 3. The van der Waals surface area contributed by atoms with Crippen LogP contribution in [0, 0.1) is 13.8 Å². The Labute approximate surface area is 118 Å². The van der Waals surface area contributed by atoms with Crippen molar-refractivity contribution in [2.45, 2.75) is 26.8 Å². The Morgan fingerprint density at radius 3 is 2.80 bits per heavy atom. The van der Waals surface area contributed by atoms with Crippen LogP contribution in [0.1, 0.15) is 29.9 Å². The van der Waals surface area contributed by atoms with Gasteiger partial charge in [-0.3, -0.25) is 9.78 Å². The average Bonchev–Trinajstić information content (AvgIpc) is 2.94. The maximum atomic E-state index is 4.48. The first kappa shape index (κ1) is 12.7. The largest absolute Gasteiger partial charge is 0.378 e. The fourth-order valence-corrected chi connectivity index (χ4v) is 2.77. The molecule has 0 aliphatic carbocycles. The number of fused-ring (bicyclic) bond motifs is 1. The molecule has 1 unspecified atom stereocenters. The molecule has 20 heavy (non-hydrogen) atoms. The van der Waals surface area contributed by atoms with Crippen molar-refractivity contribution < 1.29 is 0 Å². The van der Waals surface area contributed by atoms with Crippen LogP contribution in [-0.2, 0) is 7.05 Å². The number of hydrogen-bond acceptors (Lipinski definition) is 3. The molecule has 2 N–H and O–H groups in total. The molecule has 0 saturated heterocycles. The van der Waals surface area contributed by atoms with E-state index in [1.165, 1.54) is 11.3 Å². The van der Waals surface area contributed by atoms with Gasteiger partial charge in [0.25, 0.3) is 0 Å². The number of aromatic amines is 1. The number of nitrogens with one attached hydrogen (secondary N) is 2. The number of benzene rings is 1. The zero-order chi connectivity index (χ0) is 14.3. The fraction of sp³-hybridized carbons (Fsp3) is 0.333. The summed E-state index contributed by atoms with van der Waals surface area (Å²) in [5.74, 6) is 0. The van der Waals surface area contributed by atoms with Crippen molar-refractivity contribution in [2.24, 2.45) is 7.05 Å². The van der Waals surface area contributed by atoms with Gasteiger partial charge in [-0.25, -0.2) is 0 Å². The van der Waals surface area contributed by atoms with E-state index >= 15 is 0 Å². The molecule has 104 valence electrons. The first-order chi connectivity index (χ1) is 9.56. The summed E-state index contributed by atoms with van der Waals surface area (Å²) in [4.78, 5) is 0. The van der Waals surface area contributed by atoms with E-state index in [9.17, 15) is 0 Å². The molecule has 0 fully saturated rings. The van der Waals surface area contributed by atoms with Crippen molar-refractivity contribution in [3.05, 3.63) is 41.3 Å². The second-order valence-corrected chi connectivity index (χ2v) is 5.25. The lowest BCUT2D eigenvalue weighted by Crippen LogP contribution is -2.08. The number of nitrogens with zero attached hydrogens (tertiary/aromatic N) is 3. The van der Waals surface area contributed by atoms with Crippen molar-refractivity contribution in [2.75, 3.05) is 5.32 Å². The maximum Gasteiger partial charge on any atom is 0.0651 e. The molecule has 5 heteroatoms. The van der Waals surface area contributed by atoms with Crippen LogP contribution in [0.15, 0.2) is 24.4 Å². The number of H-pyrrole nitrogens is 1. The SMILES string of the molecule is Cc1nn(C)c(C)c1C(C)Nc1ccc2[nH]ncc2c1. The average molecular weight is 269 g/mol. The van der Waals surface area contributed by atoms with Gasteiger partial charge in [0.2, 0.25) is 0 Å². The number of hydrogen-bond donors (Lipinski definition) is 2. The smallest absolute Gasteiger partial charge is 0.0651 e. The fourth-order valence-electron chi connectivity index (χ4n) is 2.77. The highest BCUT2D eigenvalue weighted by molar-refractivity contribution is 5.81. The maximum absolute atomic E-state index is 4.48. The Kier molecular flexibility index (Phi) is 2.97.